The van der Waals surface area contributed by atoms with Crippen LogP contribution in [0.4, 0.5) is 17.6 Å². The summed E-state index contributed by atoms with van der Waals surface area (Å²) in [7, 11) is 0.851. The number of halogens is 4. The van der Waals surface area contributed by atoms with Gasteiger partial charge >= 0.3 is 11.9 Å². The van der Waals surface area contributed by atoms with Crippen LogP contribution in [0.25, 0.3) is 0 Å². The molecule has 122 valence electrons. The highest BCUT2D eigenvalue weighted by molar-refractivity contribution is 5.95. The molecule has 0 amide bonds. The van der Waals surface area contributed by atoms with Crippen LogP contribution in [0.3, 0.4) is 0 Å². The van der Waals surface area contributed by atoms with Crippen molar-refractivity contribution in [2.45, 2.75) is 12.7 Å². The summed E-state index contributed by atoms with van der Waals surface area (Å²) in [6.07, 6.45) is -4.87. The molecule has 1 aromatic heterocycles. The van der Waals surface area contributed by atoms with Crippen molar-refractivity contribution in [1.29, 1.82) is 0 Å². The second-order valence-electron chi connectivity index (χ2n) is 4.72. The van der Waals surface area contributed by atoms with Gasteiger partial charge in [0, 0.05) is 18.7 Å². The minimum absolute atomic E-state index is 0.0280. The zero-order chi connectivity index (χ0) is 17.4. The number of carbonyl (C=O) groups is 1. The van der Waals surface area contributed by atoms with Crippen LogP contribution in [0.1, 0.15) is 16.1 Å². The average Bonchev–Trinajstić information content (AvgIpc) is 2.46. The van der Waals surface area contributed by atoms with Crippen molar-refractivity contribution in [2.75, 3.05) is 0 Å². The molecule has 0 atom stereocenters. The smallest absolute Gasteiger partial charge is 0.292 e. The first-order valence-electron chi connectivity index (χ1n) is 6.28. The molecule has 0 N–H and O–H groups in total. The van der Waals surface area contributed by atoms with Gasteiger partial charge in [0.15, 0.2) is 5.78 Å². The molecule has 2 rings (SSSR count). The maximum atomic E-state index is 12.8. The van der Waals surface area contributed by atoms with Crippen LogP contribution in [0.15, 0.2) is 39.9 Å². The van der Waals surface area contributed by atoms with Crippen molar-refractivity contribution < 1.29 is 22.4 Å². The van der Waals surface area contributed by atoms with Crippen molar-refractivity contribution in [3.05, 3.63) is 68.2 Å². The summed E-state index contributed by atoms with van der Waals surface area (Å²) in [4.78, 5) is 35.6. The molecule has 0 unspecified atom stereocenters. The summed E-state index contributed by atoms with van der Waals surface area (Å²) in [6, 6.07) is 4.58. The maximum absolute atomic E-state index is 12.8. The molecule has 0 bridgehead atoms. The van der Waals surface area contributed by atoms with E-state index in [0.717, 1.165) is 31.3 Å². The molecular weight excluding hydrogens is 320 g/mol. The van der Waals surface area contributed by atoms with Gasteiger partial charge in [-0.15, -0.1) is 0 Å². The molecule has 2 aromatic rings. The Morgan fingerprint density at radius 3 is 2.22 bits per heavy atom. The van der Waals surface area contributed by atoms with Crippen LogP contribution >= 0.6 is 0 Å². The second-order valence-corrected chi connectivity index (χ2v) is 4.72. The number of rotatable bonds is 3. The Balaban J connectivity index is 2.44. The number of ketones is 1. The van der Waals surface area contributed by atoms with Crippen molar-refractivity contribution >= 4 is 5.78 Å². The van der Waals surface area contributed by atoms with Gasteiger partial charge in [0.25, 0.3) is 5.56 Å². The lowest BCUT2D eigenvalue weighted by molar-refractivity contribution is -0.144. The summed E-state index contributed by atoms with van der Waals surface area (Å²) in [5, 5.41) is 0. The highest BCUT2D eigenvalue weighted by atomic mass is 19.4. The number of aromatic nitrogens is 2. The van der Waals surface area contributed by atoms with Gasteiger partial charge in [-0.25, -0.2) is 9.18 Å². The second kappa shape index (κ2) is 5.82. The largest absolute Gasteiger partial charge is 0.431 e. The fraction of sp³-hybridized carbons (Fsp3) is 0.214. The number of benzene rings is 1. The number of hydrogen-bond donors (Lipinski definition) is 0. The first-order valence-corrected chi connectivity index (χ1v) is 6.28. The summed E-state index contributed by atoms with van der Waals surface area (Å²) in [6.45, 7) is -0.741. The lowest BCUT2D eigenvalue weighted by Gasteiger charge is -2.13. The Bertz CT molecular complexity index is 864. The lowest BCUT2D eigenvalue weighted by atomic mass is 10.1. The number of nitrogens with zero attached hydrogens (tertiary/aromatic N) is 2. The van der Waals surface area contributed by atoms with Crippen LogP contribution in [0.5, 0.6) is 0 Å². The standard InChI is InChI=1S/C14H10F4N2O3/c1-19-11(14(16,17)18)6-12(22)20(13(19)23)7-10(21)8-2-4-9(15)5-3-8/h2-6H,7H2,1H3. The monoisotopic (exact) mass is 330 g/mol. The van der Waals surface area contributed by atoms with E-state index < -0.39 is 41.3 Å². The van der Waals surface area contributed by atoms with Crippen LogP contribution in [0, 0.1) is 5.82 Å². The molecule has 1 aromatic carbocycles. The van der Waals surface area contributed by atoms with E-state index in [9.17, 15) is 31.9 Å². The zero-order valence-electron chi connectivity index (χ0n) is 11.7. The Kier molecular flexibility index (Phi) is 4.22. The molecule has 0 aliphatic carbocycles. The summed E-state index contributed by atoms with van der Waals surface area (Å²) in [5.74, 6) is -1.28. The molecule has 0 aliphatic heterocycles. The zero-order valence-corrected chi connectivity index (χ0v) is 11.7. The van der Waals surface area contributed by atoms with Gasteiger partial charge in [-0.1, -0.05) is 0 Å². The van der Waals surface area contributed by atoms with E-state index in [1.807, 2.05) is 0 Å². The van der Waals surface area contributed by atoms with E-state index in [-0.39, 0.29) is 16.2 Å². The molecule has 23 heavy (non-hydrogen) atoms. The fourth-order valence-electron chi connectivity index (χ4n) is 1.96. The molecule has 0 radical (unpaired) electrons. The summed E-state index contributed by atoms with van der Waals surface area (Å²) >= 11 is 0. The van der Waals surface area contributed by atoms with Crippen LogP contribution in [-0.2, 0) is 19.8 Å². The molecule has 1 heterocycles. The van der Waals surface area contributed by atoms with Gasteiger partial charge in [-0.05, 0) is 24.3 Å². The third kappa shape index (κ3) is 3.38. The van der Waals surface area contributed by atoms with E-state index in [1.165, 1.54) is 0 Å². The summed E-state index contributed by atoms with van der Waals surface area (Å²) in [5.41, 5.74) is -3.88. The quantitative estimate of drug-likeness (QED) is 0.634. The van der Waals surface area contributed by atoms with E-state index in [4.69, 9.17) is 0 Å². The van der Waals surface area contributed by atoms with Gasteiger partial charge in [-0.2, -0.15) is 13.2 Å². The SMILES string of the molecule is Cn1c(C(F)(F)F)cc(=O)n(CC(=O)c2ccc(F)cc2)c1=O. The van der Waals surface area contributed by atoms with Crippen molar-refractivity contribution in [3.63, 3.8) is 0 Å². The van der Waals surface area contributed by atoms with Gasteiger partial charge in [-0.3, -0.25) is 18.7 Å². The first kappa shape index (κ1) is 16.7. The van der Waals surface area contributed by atoms with E-state index in [1.54, 1.807) is 0 Å². The highest BCUT2D eigenvalue weighted by Gasteiger charge is 2.35. The van der Waals surface area contributed by atoms with Gasteiger partial charge in [0.05, 0.1) is 6.54 Å². The predicted octanol–water partition coefficient (Wildman–Crippen LogP) is 1.59. The minimum atomic E-state index is -4.87. The van der Waals surface area contributed by atoms with E-state index in [0.29, 0.717) is 4.57 Å². The van der Waals surface area contributed by atoms with Crippen LogP contribution in [-0.4, -0.2) is 14.9 Å². The molecule has 9 heteroatoms. The van der Waals surface area contributed by atoms with Gasteiger partial charge in [0.2, 0.25) is 0 Å². The molecular formula is C14H10F4N2O3. The number of Topliss-reactive ketones (excluding diaryl/α,β-unsaturated/α-hetero) is 1. The number of carbonyl (C=O) groups excluding carboxylic acids is 1. The number of hydrogen-bond acceptors (Lipinski definition) is 3. The van der Waals surface area contributed by atoms with Crippen molar-refractivity contribution in [3.8, 4) is 0 Å². The number of alkyl halides is 3. The molecule has 0 aliphatic rings. The minimum Gasteiger partial charge on any atom is -0.292 e. The highest BCUT2D eigenvalue weighted by Crippen LogP contribution is 2.26. The topological polar surface area (TPSA) is 61.1 Å². The van der Waals surface area contributed by atoms with E-state index >= 15 is 0 Å². The Morgan fingerprint density at radius 1 is 1.13 bits per heavy atom. The molecule has 5 nitrogen and oxygen atoms in total. The predicted molar refractivity (Wildman–Crippen MR) is 71.7 cm³/mol. The average molecular weight is 330 g/mol. The third-order valence-electron chi connectivity index (χ3n) is 3.16. The van der Waals surface area contributed by atoms with Crippen LogP contribution < -0.4 is 11.2 Å². The first-order chi connectivity index (χ1) is 10.6. The molecule has 0 saturated carbocycles. The van der Waals surface area contributed by atoms with Crippen molar-refractivity contribution in [2.24, 2.45) is 7.05 Å². The fourth-order valence-corrected chi connectivity index (χ4v) is 1.96. The van der Waals surface area contributed by atoms with Gasteiger partial charge in [0.1, 0.15) is 11.5 Å². The Morgan fingerprint density at radius 2 is 1.70 bits per heavy atom. The summed E-state index contributed by atoms with van der Waals surface area (Å²) < 4.78 is 51.5. The third-order valence-corrected chi connectivity index (χ3v) is 3.16. The molecule has 0 spiro atoms. The molecule has 0 saturated heterocycles. The Hall–Kier alpha value is -2.71. The molecule has 0 fully saturated rings. The van der Waals surface area contributed by atoms with Crippen molar-refractivity contribution in [1.82, 2.24) is 9.13 Å². The Labute approximate surface area is 126 Å². The maximum Gasteiger partial charge on any atom is 0.431 e. The normalized spacial score (nSPS) is 11.5. The van der Waals surface area contributed by atoms with Crippen LogP contribution in [0.2, 0.25) is 0 Å². The van der Waals surface area contributed by atoms with E-state index in [2.05, 4.69) is 0 Å². The lowest BCUT2D eigenvalue weighted by Crippen LogP contribution is -2.43. The van der Waals surface area contributed by atoms with Gasteiger partial charge < -0.3 is 0 Å².